The van der Waals surface area contributed by atoms with Crippen molar-refractivity contribution >= 4 is 42.0 Å². The van der Waals surface area contributed by atoms with Crippen LogP contribution in [-0.2, 0) is 75.2 Å². The average Bonchev–Trinajstić information content (AvgIpc) is 2.83. The van der Waals surface area contributed by atoms with Gasteiger partial charge in [-0.15, -0.1) is 11.5 Å². The fraction of sp³-hybridized carbons (Fsp3) is 0.0714. The molecule has 2 aromatic carbocycles. The molecule has 0 amide bonds. The fourth-order valence-electron chi connectivity index (χ4n) is 2.84. The summed E-state index contributed by atoms with van der Waals surface area (Å²) in [5.74, 6) is 0. The van der Waals surface area contributed by atoms with Gasteiger partial charge in [0.1, 0.15) is 0 Å². The van der Waals surface area contributed by atoms with Crippen LogP contribution in [0, 0.1) is 13.8 Å². The maximum Gasteiger partial charge on any atom is 1.00 e. The van der Waals surface area contributed by atoms with Crippen molar-refractivity contribution in [3.63, 3.8) is 0 Å². The minimum atomic E-state index is 0. The van der Waals surface area contributed by atoms with Crippen LogP contribution in [-0.4, -0.2) is 22.2 Å². The molecule has 0 heterocycles. The molecule has 36 heavy (non-hydrogen) atoms. The number of benzene rings is 2. The largest absolute Gasteiger partial charge is 1.00 e. The van der Waals surface area contributed by atoms with Crippen LogP contribution >= 0.6 is 0 Å². The van der Waals surface area contributed by atoms with Gasteiger partial charge in [0.05, 0.1) is 21.1 Å². The number of aliphatic imine (C=N–C) groups is 2. The Labute approximate surface area is 273 Å². The van der Waals surface area contributed by atoms with Crippen LogP contribution in [0.1, 0.15) is 22.3 Å². The standard InChI is InChI=1S/C28H22N2S2.2ClH.2Hg/c1-21-11-15-23(16-12-21)19-29-25-7-3-5-9-27(25)31-32-28-10-6-4-8-26(28)30-20-24-17-13-22(2)14-18-24;;;;/h3-4,7-20H,1-2H3;2*1H;;/q;;;2*+1/p-2. The molecule has 2 aliphatic rings. The summed E-state index contributed by atoms with van der Waals surface area (Å²) < 4.78 is 0. The predicted molar refractivity (Wildman–Crippen MR) is 144 cm³/mol. The van der Waals surface area contributed by atoms with Crippen LogP contribution < -0.4 is 24.8 Å². The molecular weight excluding hydrogens is 901 g/mol. The number of halogens is 2. The van der Waals surface area contributed by atoms with E-state index in [0.29, 0.717) is 0 Å². The molecule has 0 aliphatic heterocycles. The molecule has 2 aliphatic carbocycles. The Morgan fingerprint density at radius 1 is 0.611 bits per heavy atom. The second-order valence-electron chi connectivity index (χ2n) is 7.29. The molecule has 174 valence electrons. The van der Waals surface area contributed by atoms with E-state index in [1.54, 1.807) is 19.8 Å². The van der Waals surface area contributed by atoms with Gasteiger partial charge >= 0.3 is 55.3 Å². The first-order chi connectivity index (χ1) is 15.7. The molecule has 0 atom stereocenters. The van der Waals surface area contributed by atoms with E-state index >= 15 is 0 Å². The third-order valence-electron chi connectivity index (χ3n) is 4.69. The summed E-state index contributed by atoms with van der Waals surface area (Å²) in [4.78, 5) is 11.5. The van der Waals surface area contributed by atoms with E-state index in [1.807, 2.05) is 48.9 Å². The van der Waals surface area contributed by atoms with Crippen molar-refractivity contribution < 1.29 is 80.2 Å². The number of hydrogen-bond donors (Lipinski definition) is 0. The molecule has 0 saturated heterocycles. The van der Waals surface area contributed by atoms with Crippen molar-refractivity contribution in [2.45, 2.75) is 13.8 Å². The first-order valence-electron chi connectivity index (χ1n) is 10.2. The van der Waals surface area contributed by atoms with E-state index in [0.717, 1.165) is 32.3 Å². The monoisotopic (exact) mass is 924 g/mol. The molecule has 2 aromatic rings. The number of rotatable bonds is 4. The zero-order chi connectivity index (χ0) is 22.2. The number of aryl methyl sites for hydroxylation is 2. The molecule has 0 bridgehead atoms. The summed E-state index contributed by atoms with van der Waals surface area (Å²) in [5, 5.41) is 0. The third-order valence-corrected chi connectivity index (χ3v) is 7.11. The summed E-state index contributed by atoms with van der Waals surface area (Å²) in [6, 6.07) is 16.7. The van der Waals surface area contributed by atoms with Crippen molar-refractivity contribution in [1.82, 2.24) is 0 Å². The van der Waals surface area contributed by atoms with Crippen LogP contribution in [0.4, 0.5) is 0 Å². The van der Waals surface area contributed by atoms with Crippen molar-refractivity contribution in [3.8, 4) is 0 Å². The second kappa shape index (κ2) is 18.2. The van der Waals surface area contributed by atoms with Gasteiger partial charge in [-0.05, 0) is 49.3 Å². The maximum absolute atomic E-state index is 4.71. The fourth-order valence-corrected chi connectivity index (χ4v) is 5.01. The maximum atomic E-state index is 4.71. The van der Waals surface area contributed by atoms with Gasteiger partial charge in [-0.3, -0.25) is 9.98 Å². The second-order valence-corrected chi connectivity index (χ2v) is 9.51. The van der Waals surface area contributed by atoms with Crippen LogP contribution in [0.3, 0.4) is 0 Å². The molecule has 0 N–H and O–H groups in total. The Balaban J connectivity index is 0.00000306. The van der Waals surface area contributed by atoms with E-state index in [4.69, 9.17) is 9.98 Å². The van der Waals surface area contributed by atoms with Crippen LogP contribution in [0.15, 0.2) is 118 Å². The van der Waals surface area contributed by atoms with Gasteiger partial charge in [-0.25, -0.2) is 0 Å². The van der Waals surface area contributed by atoms with Crippen molar-refractivity contribution in [2.24, 2.45) is 9.98 Å². The average molecular weight is 923 g/mol. The summed E-state index contributed by atoms with van der Waals surface area (Å²) in [6.07, 6.45) is 15.5. The molecule has 0 aromatic heterocycles. The van der Waals surface area contributed by atoms with E-state index in [1.165, 1.54) is 11.1 Å². The van der Waals surface area contributed by atoms with Crippen LogP contribution in [0.25, 0.3) is 0 Å². The van der Waals surface area contributed by atoms with Crippen LogP contribution in [0.2, 0.25) is 0 Å². The van der Waals surface area contributed by atoms with E-state index in [9.17, 15) is 0 Å². The Morgan fingerprint density at radius 2 is 0.972 bits per heavy atom. The zero-order valence-corrected chi connectivity index (χ0v) is 34.3. The molecule has 4 rings (SSSR count). The Morgan fingerprint density at radius 3 is 1.33 bits per heavy atom. The molecule has 0 saturated carbocycles. The summed E-state index contributed by atoms with van der Waals surface area (Å²) in [6.45, 7) is 4.17. The molecular formula is C28H22Cl2Hg2N2S2. The Bertz CT molecular complexity index is 1300. The number of hydrogen-bond acceptors (Lipinski definition) is 2. The predicted octanol–water partition coefficient (Wildman–Crippen LogP) is -0.513. The van der Waals surface area contributed by atoms with Gasteiger partial charge in [0.2, 0.25) is 0 Å². The van der Waals surface area contributed by atoms with E-state index in [-0.39, 0.29) is 80.2 Å². The van der Waals surface area contributed by atoms with Crippen molar-refractivity contribution in [1.29, 1.82) is 0 Å². The molecule has 8 heteroatoms. The normalized spacial score (nSPS) is 13.3. The van der Waals surface area contributed by atoms with Gasteiger partial charge in [0.25, 0.3) is 0 Å². The first kappa shape index (κ1) is 34.9. The van der Waals surface area contributed by atoms with E-state index in [2.05, 4.69) is 73.8 Å². The van der Waals surface area contributed by atoms with Gasteiger partial charge in [-0.1, -0.05) is 79.5 Å². The van der Waals surface area contributed by atoms with E-state index < -0.39 is 0 Å². The minimum Gasteiger partial charge on any atom is -1.00 e. The molecule has 2 nitrogen and oxygen atoms in total. The summed E-state index contributed by atoms with van der Waals surface area (Å²) >= 11 is 0. The van der Waals surface area contributed by atoms with Gasteiger partial charge in [-0.2, -0.15) is 0 Å². The molecule has 0 spiro atoms. The molecule has 0 unspecified atom stereocenters. The zero-order valence-electron chi connectivity index (χ0n) is 20.1. The Kier molecular flexibility index (Phi) is 17.7. The Hall–Kier alpha value is -1.07. The van der Waals surface area contributed by atoms with Gasteiger partial charge in [0, 0.05) is 24.6 Å². The van der Waals surface area contributed by atoms with Gasteiger partial charge < -0.3 is 24.8 Å². The first-order valence-corrected chi connectivity index (χ1v) is 12.4. The molecule has 2 radical (unpaired) electrons. The SMILES string of the molecule is Cc1ccc(C=NC2=CC=C=CC2=S=S=C2C=C=CC=C2N=Cc2ccc(C)cc2)cc1.[Cl-].[Cl-].[Hg+].[Hg+]. The molecule has 0 fully saturated rings. The van der Waals surface area contributed by atoms with Crippen LogP contribution in [0.5, 0.6) is 0 Å². The minimum absolute atomic E-state index is 0. The topological polar surface area (TPSA) is 24.7 Å². The summed E-state index contributed by atoms with van der Waals surface area (Å²) in [7, 11) is 3.31. The van der Waals surface area contributed by atoms with Gasteiger partial charge in [0.15, 0.2) is 0 Å². The van der Waals surface area contributed by atoms with Crippen molar-refractivity contribution in [3.05, 3.63) is 130 Å². The quantitative estimate of drug-likeness (QED) is 0.171. The third kappa shape index (κ3) is 10.7. The smallest absolute Gasteiger partial charge is 1.00 e. The number of nitrogens with zero attached hydrogens (tertiary/aromatic N) is 2. The van der Waals surface area contributed by atoms with Crippen molar-refractivity contribution in [2.75, 3.05) is 0 Å². The summed E-state index contributed by atoms with van der Waals surface area (Å²) in [5.41, 5.74) is 12.8. The number of allylic oxidation sites excluding steroid dienone is 4.